The van der Waals surface area contributed by atoms with Gasteiger partial charge in [-0.05, 0) is 23.6 Å². The normalized spacial score (nSPS) is 12.3. The molecule has 1 heterocycles. The van der Waals surface area contributed by atoms with Crippen LogP contribution in [-0.2, 0) is 0 Å². The molecular weight excluding hydrogens is 176 g/mol. The number of carbonyl (C=O) groups excluding carboxylic acids is 1. The molecule has 0 saturated carbocycles. The zero-order valence-corrected chi connectivity index (χ0v) is 7.27. The van der Waals surface area contributed by atoms with Gasteiger partial charge in [0, 0.05) is 10.9 Å². The SMILES string of the molecule is O=Cc1cc2c3c(cccc3c1)N=N2. The molecule has 0 bridgehead atoms. The number of hydrogen-bond donors (Lipinski definition) is 0. The van der Waals surface area contributed by atoms with Gasteiger partial charge >= 0.3 is 0 Å². The zero-order valence-electron chi connectivity index (χ0n) is 7.27. The molecule has 0 fully saturated rings. The van der Waals surface area contributed by atoms with Crippen LogP contribution in [0.1, 0.15) is 10.4 Å². The van der Waals surface area contributed by atoms with Crippen molar-refractivity contribution in [1.29, 1.82) is 0 Å². The number of azo groups is 1. The average Bonchev–Trinajstić information content (AvgIpc) is 2.64. The van der Waals surface area contributed by atoms with Gasteiger partial charge in [-0.2, -0.15) is 0 Å². The minimum Gasteiger partial charge on any atom is -0.298 e. The maximum atomic E-state index is 10.7. The predicted octanol–water partition coefficient (Wildman–Crippen LogP) is 3.38. The lowest BCUT2D eigenvalue weighted by Gasteiger charge is -1.99. The zero-order chi connectivity index (χ0) is 9.54. The summed E-state index contributed by atoms with van der Waals surface area (Å²) in [4.78, 5) is 10.7. The molecule has 0 aromatic heterocycles. The Hall–Kier alpha value is -2.03. The lowest BCUT2D eigenvalue weighted by atomic mass is 10.0. The lowest BCUT2D eigenvalue weighted by molar-refractivity contribution is 0.112. The molecule has 0 spiro atoms. The van der Waals surface area contributed by atoms with Crippen LogP contribution in [0.3, 0.4) is 0 Å². The second-order valence-corrected chi connectivity index (χ2v) is 3.23. The Morgan fingerprint density at radius 2 is 1.93 bits per heavy atom. The Morgan fingerprint density at radius 1 is 1.07 bits per heavy atom. The van der Waals surface area contributed by atoms with Crippen LogP contribution in [0.15, 0.2) is 40.6 Å². The van der Waals surface area contributed by atoms with E-state index in [-0.39, 0.29) is 0 Å². The Labute approximate surface area is 80.1 Å². The molecule has 3 heteroatoms. The number of hydrogen-bond acceptors (Lipinski definition) is 3. The Kier molecular flexibility index (Phi) is 1.31. The van der Waals surface area contributed by atoms with Gasteiger partial charge in [-0.1, -0.05) is 12.1 Å². The highest BCUT2D eigenvalue weighted by Crippen LogP contribution is 2.40. The van der Waals surface area contributed by atoms with Crippen molar-refractivity contribution in [2.45, 2.75) is 0 Å². The van der Waals surface area contributed by atoms with E-state index in [2.05, 4.69) is 10.2 Å². The summed E-state index contributed by atoms with van der Waals surface area (Å²) in [5.41, 5.74) is 2.32. The van der Waals surface area contributed by atoms with Crippen LogP contribution in [0.25, 0.3) is 10.8 Å². The van der Waals surface area contributed by atoms with Gasteiger partial charge in [0.2, 0.25) is 0 Å². The first kappa shape index (κ1) is 7.38. The predicted molar refractivity (Wildman–Crippen MR) is 53.5 cm³/mol. The van der Waals surface area contributed by atoms with Gasteiger partial charge in [0.1, 0.15) is 6.29 Å². The largest absolute Gasteiger partial charge is 0.298 e. The first-order valence-corrected chi connectivity index (χ1v) is 4.32. The number of aldehydes is 1. The fourth-order valence-corrected chi connectivity index (χ4v) is 1.75. The molecule has 0 aliphatic carbocycles. The fraction of sp³-hybridized carbons (Fsp3) is 0. The van der Waals surface area contributed by atoms with Crippen molar-refractivity contribution in [3.8, 4) is 0 Å². The summed E-state index contributed by atoms with van der Waals surface area (Å²) in [6.45, 7) is 0. The molecule has 0 N–H and O–H groups in total. The van der Waals surface area contributed by atoms with Crippen molar-refractivity contribution < 1.29 is 4.79 Å². The van der Waals surface area contributed by atoms with Crippen LogP contribution in [0.2, 0.25) is 0 Å². The van der Waals surface area contributed by atoms with Gasteiger partial charge in [-0.3, -0.25) is 4.79 Å². The smallest absolute Gasteiger partial charge is 0.150 e. The standard InChI is InChI=1S/C11H6N2O/c14-6-7-4-8-2-1-3-9-11(8)10(5-7)13-12-9/h1-6H. The first-order valence-electron chi connectivity index (χ1n) is 4.32. The summed E-state index contributed by atoms with van der Waals surface area (Å²) in [7, 11) is 0. The fourth-order valence-electron chi connectivity index (χ4n) is 1.75. The van der Waals surface area contributed by atoms with Crippen LogP contribution in [-0.4, -0.2) is 6.29 Å². The summed E-state index contributed by atoms with van der Waals surface area (Å²) in [5.74, 6) is 0. The molecule has 2 aromatic carbocycles. The Morgan fingerprint density at radius 3 is 2.79 bits per heavy atom. The second kappa shape index (κ2) is 2.48. The number of rotatable bonds is 1. The molecule has 66 valence electrons. The quantitative estimate of drug-likeness (QED) is 0.532. The van der Waals surface area contributed by atoms with Crippen LogP contribution in [0.4, 0.5) is 11.4 Å². The first-order chi connectivity index (χ1) is 6.88. The lowest BCUT2D eigenvalue weighted by Crippen LogP contribution is -1.79. The highest BCUT2D eigenvalue weighted by Gasteiger charge is 2.12. The van der Waals surface area contributed by atoms with E-state index < -0.39 is 0 Å². The highest BCUT2D eigenvalue weighted by atomic mass is 16.1. The van der Waals surface area contributed by atoms with E-state index in [0.29, 0.717) is 5.56 Å². The van der Waals surface area contributed by atoms with Crippen LogP contribution in [0, 0.1) is 0 Å². The van der Waals surface area contributed by atoms with Crippen LogP contribution < -0.4 is 0 Å². The van der Waals surface area contributed by atoms with E-state index in [1.165, 1.54) is 0 Å². The third-order valence-electron chi connectivity index (χ3n) is 2.36. The van der Waals surface area contributed by atoms with Crippen LogP contribution in [0.5, 0.6) is 0 Å². The van der Waals surface area contributed by atoms with Crippen molar-refractivity contribution in [3.63, 3.8) is 0 Å². The van der Waals surface area contributed by atoms with Crippen LogP contribution >= 0.6 is 0 Å². The molecule has 14 heavy (non-hydrogen) atoms. The summed E-state index contributed by atoms with van der Waals surface area (Å²) in [6, 6.07) is 9.41. The molecule has 0 amide bonds. The topological polar surface area (TPSA) is 41.8 Å². The Bertz CT molecular complexity index is 573. The maximum absolute atomic E-state index is 10.7. The van der Waals surface area contributed by atoms with Gasteiger partial charge in [-0.15, -0.1) is 10.2 Å². The number of benzene rings is 2. The molecule has 3 rings (SSSR count). The molecule has 0 atom stereocenters. The Balaban J connectivity index is 2.52. The molecule has 2 aromatic rings. The van der Waals surface area contributed by atoms with E-state index in [4.69, 9.17) is 0 Å². The minimum absolute atomic E-state index is 0.644. The van der Waals surface area contributed by atoms with Gasteiger partial charge in [0.25, 0.3) is 0 Å². The molecule has 0 radical (unpaired) electrons. The van der Waals surface area contributed by atoms with E-state index >= 15 is 0 Å². The third-order valence-corrected chi connectivity index (χ3v) is 2.36. The van der Waals surface area contributed by atoms with Crippen molar-refractivity contribution in [3.05, 3.63) is 35.9 Å². The van der Waals surface area contributed by atoms with Gasteiger partial charge in [0.15, 0.2) is 0 Å². The minimum atomic E-state index is 0.644. The molecule has 0 unspecified atom stereocenters. The van der Waals surface area contributed by atoms with Crippen molar-refractivity contribution in [2.24, 2.45) is 10.2 Å². The average molecular weight is 182 g/mol. The van der Waals surface area contributed by atoms with E-state index in [1.54, 1.807) is 6.07 Å². The van der Waals surface area contributed by atoms with Crippen molar-refractivity contribution in [2.75, 3.05) is 0 Å². The number of nitrogens with zero attached hydrogens (tertiary/aromatic N) is 2. The highest BCUT2D eigenvalue weighted by molar-refractivity contribution is 6.04. The summed E-state index contributed by atoms with van der Waals surface area (Å²) < 4.78 is 0. The molecule has 3 nitrogen and oxygen atoms in total. The summed E-state index contributed by atoms with van der Waals surface area (Å²) >= 11 is 0. The monoisotopic (exact) mass is 182 g/mol. The van der Waals surface area contributed by atoms with Gasteiger partial charge in [0.05, 0.1) is 11.4 Å². The van der Waals surface area contributed by atoms with E-state index in [9.17, 15) is 4.79 Å². The van der Waals surface area contributed by atoms with Gasteiger partial charge < -0.3 is 0 Å². The number of carbonyl (C=O) groups is 1. The second-order valence-electron chi connectivity index (χ2n) is 3.23. The van der Waals surface area contributed by atoms with Gasteiger partial charge in [-0.25, -0.2) is 0 Å². The van der Waals surface area contributed by atoms with Crippen molar-refractivity contribution in [1.82, 2.24) is 0 Å². The summed E-state index contributed by atoms with van der Waals surface area (Å²) in [5, 5.41) is 10.1. The summed E-state index contributed by atoms with van der Waals surface area (Å²) in [6.07, 6.45) is 0.830. The maximum Gasteiger partial charge on any atom is 0.150 e. The van der Waals surface area contributed by atoms with E-state index in [0.717, 1.165) is 28.4 Å². The molecular formula is C11H6N2O. The molecule has 1 aliphatic rings. The third kappa shape index (κ3) is 0.836. The molecule has 0 saturated heterocycles. The van der Waals surface area contributed by atoms with E-state index in [1.807, 2.05) is 24.3 Å². The van der Waals surface area contributed by atoms with Crippen molar-refractivity contribution >= 4 is 28.4 Å². The molecule has 1 aliphatic heterocycles.